The number of nitrogens with zero attached hydrogens (tertiary/aromatic N) is 2. The number of hydrogen-bond acceptors (Lipinski definition) is 5. The quantitative estimate of drug-likeness (QED) is 0.436. The molecule has 0 unspecified atom stereocenters. The summed E-state index contributed by atoms with van der Waals surface area (Å²) in [6, 6.07) is 0.480. The molecule has 1 aromatic heterocycles. The molecule has 0 N–H and O–H groups in total. The standard InChI is InChI=1S/C19H16F6N2O3S/c1-2-30-17(29)14-9-31-15(26-14)8-27(13-3-4-13)16(28)10-5-11(18(20,21)22)7-12(6-10)19(23,24)25/h5-7,9,13H,2-4,8H2,1H3. The number of rotatable bonds is 6. The smallest absolute Gasteiger partial charge is 0.416 e. The molecule has 0 bridgehead atoms. The second kappa shape index (κ2) is 8.48. The number of ether oxygens (including phenoxy) is 1. The third kappa shape index (κ3) is 5.54. The molecule has 3 rings (SSSR count). The summed E-state index contributed by atoms with van der Waals surface area (Å²) < 4.78 is 83.5. The van der Waals surface area contributed by atoms with Gasteiger partial charge < -0.3 is 9.64 Å². The van der Waals surface area contributed by atoms with Crippen LogP contribution in [0.15, 0.2) is 23.6 Å². The Morgan fingerprint density at radius 2 is 1.68 bits per heavy atom. The van der Waals surface area contributed by atoms with Crippen molar-refractivity contribution in [2.45, 2.75) is 44.7 Å². The van der Waals surface area contributed by atoms with Crippen molar-refractivity contribution in [2.24, 2.45) is 0 Å². The Morgan fingerprint density at radius 3 is 2.16 bits per heavy atom. The average molecular weight is 466 g/mol. The molecule has 0 spiro atoms. The first-order valence-corrected chi connectivity index (χ1v) is 10.00. The summed E-state index contributed by atoms with van der Waals surface area (Å²) in [6.45, 7) is 1.60. The normalized spacial score (nSPS) is 14.4. The van der Waals surface area contributed by atoms with Gasteiger partial charge in [-0.15, -0.1) is 11.3 Å². The molecule has 1 aliphatic carbocycles. The molecule has 168 valence electrons. The highest BCUT2D eigenvalue weighted by atomic mass is 32.1. The van der Waals surface area contributed by atoms with Crippen LogP contribution in [0.5, 0.6) is 0 Å². The van der Waals surface area contributed by atoms with E-state index in [1.165, 1.54) is 10.3 Å². The minimum absolute atomic E-state index is 0.0171. The number of alkyl halides is 6. The molecule has 1 heterocycles. The van der Waals surface area contributed by atoms with Gasteiger partial charge in [0.05, 0.1) is 24.3 Å². The van der Waals surface area contributed by atoms with Crippen LogP contribution in [-0.2, 0) is 23.6 Å². The molecule has 1 fully saturated rings. The van der Waals surface area contributed by atoms with E-state index in [1.807, 2.05) is 0 Å². The highest BCUT2D eigenvalue weighted by Crippen LogP contribution is 2.37. The van der Waals surface area contributed by atoms with Gasteiger partial charge in [0.2, 0.25) is 0 Å². The van der Waals surface area contributed by atoms with Crippen molar-refractivity contribution < 1.29 is 40.7 Å². The van der Waals surface area contributed by atoms with E-state index < -0.39 is 40.9 Å². The van der Waals surface area contributed by atoms with Gasteiger partial charge in [0.15, 0.2) is 5.69 Å². The van der Waals surface area contributed by atoms with Crippen molar-refractivity contribution in [3.8, 4) is 0 Å². The van der Waals surface area contributed by atoms with Gasteiger partial charge in [0, 0.05) is 17.0 Å². The zero-order chi connectivity index (χ0) is 23.0. The predicted octanol–water partition coefficient (Wildman–Crippen LogP) is 5.16. The molecule has 0 saturated heterocycles. The van der Waals surface area contributed by atoms with E-state index in [1.54, 1.807) is 6.92 Å². The van der Waals surface area contributed by atoms with Crippen molar-refractivity contribution in [3.05, 3.63) is 51.0 Å². The summed E-state index contributed by atoms with van der Waals surface area (Å²) in [5, 5.41) is 1.72. The maximum absolute atomic E-state index is 13.1. The van der Waals surface area contributed by atoms with Crippen LogP contribution in [0.1, 0.15) is 56.7 Å². The number of aromatic nitrogens is 1. The molecule has 5 nitrogen and oxygen atoms in total. The third-order valence-electron chi connectivity index (χ3n) is 4.43. The first-order chi connectivity index (χ1) is 14.4. The molecule has 1 amide bonds. The number of carbonyl (C=O) groups is 2. The minimum atomic E-state index is -5.05. The van der Waals surface area contributed by atoms with Crippen molar-refractivity contribution in [3.63, 3.8) is 0 Å². The van der Waals surface area contributed by atoms with Crippen LogP contribution in [0.4, 0.5) is 26.3 Å². The van der Waals surface area contributed by atoms with Crippen molar-refractivity contribution in [1.82, 2.24) is 9.88 Å². The second-order valence-electron chi connectivity index (χ2n) is 6.81. The summed E-state index contributed by atoms with van der Waals surface area (Å²) in [7, 11) is 0. The van der Waals surface area contributed by atoms with E-state index in [9.17, 15) is 35.9 Å². The van der Waals surface area contributed by atoms with Gasteiger partial charge in [-0.3, -0.25) is 4.79 Å². The number of thiazole rings is 1. The van der Waals surface area contributed by atoms with Crippen LogP contribution in [0.3, 0.4) is 0 Å². The number of hydrogen-bond donors (Lipinski definition) is 0. The lowest BCUT2D eigenvalue weighted by Crippen LogP contribution is -2.33. The number of carbonyl (C=O) groups excluding carboxylic acids is 2. The number of amides is 1. The maximum atomic E-state index is 13.1. The fourth-order valence-electron chi connectivity index (χ4n) is 2.83. The van der Waals surface area contributed by atoms with Crippen molar-refractivity contribution in [2.75, 3.05) is 6.61 Å². The van der Waals surface area contributed by atoms with Crippen LogP contribution in [0.25, 0.3) is 0 Å². The van der Waals surface area contributed by atoms with Crippen LogP contribution in [0.2, 0.25) is 0 Å². The molecule has 1 saturated carbocycles. The zero-order valence-electron chi connectivity index (χ0n) is 16.0. The fourth-order valence-corrected chi connectivity index (χ4v) is 3.59. The van der Waals surface area contributed by atoms with Crippen LogP contribution < -0.4 is 0 Å². The van der Waals surface area contributed by atoms with E-state index in [0.717, 1.165) is 11.3 Å². The highest BCUT2D eigenvalue weighted by molar-refractivity contribution is 7.09. The second-order valence-corrected chi connectivity index (χ2v) is 7.75. The molecule has 2 aromatic rings. The SMILES string of the molecule is CCOC(=O)c1csc(CN(C(=O)c2cc(C(F)(F)F)cc(C(F)(F)F)c2)C2CC2)n1. The van der Waals surface area contributed by atoms with Gasteiger partial charge in [-0.25, -0.2) is 9.78 Å². The highest BCUT2D eigenvalue weighted by Gasteiger charge is 2.39. The fraction of sp³-hybridized carbons (Fsp3) is 0.421. The van der Waals surface area contributed by atoms with Crippen LogP contribution in [-0.4, -0.2) is 34.4 Å². The van der Waals surface area contributed by atoms with Gasteiger partial charge in [-0.05, 0) is 38.0 Å². The lowest BCUT2D eigenvalue weighted by molar-refractivity contribution is -0.143. The molecular weight excluding hydrogens is 450 g/mol. The lowest BCUT2D eigenvalue weighted by Gasteiger charge is -2.22. The molecular formula is C19H16F6N2O3S. The van der Waals surface area contributed by atoms with E-state index >= 15 is 0 Å². The van der Waals surface area contributed by atoms with Gasteiger partial charge >= 0.3 is 18.3 Å². The molecule has 1 aliphatic rings. The summed E-state index contributed by atoms with van der Waals surface area (Å²) in [6.07, 6.45) is -8.98. The summed E-state index contributed by atoms with van der Waals surface area (Å²) in [5.74, 6) is -1.63. The van der Waals surface area contributed by atoms with Gasteiger partial charge in [0.1, 0.15) is 5.01 Å². The van der Waals surface area contributed by atoms with Crippen molar-refractivity contribution >= 4 is 23.2 Å². The van der Waals surface area contributed by atoms with Gasteiger partial charge in [0.25, 0.3) is 5.91 Å². The third-order valence-corrected chi connectivity index (χ3v) is 5.26. The van der Waals surface area contributed by atoms with Crippen LogP contribution >= 0.6 is 11.3 Å². The molecule has 0 aliphatic heterocycles. The Kier molecular flexibility index (Phi) is 6.30. The minimum Gasteiger partial charge on any atom is -0.461 e. The van der Waals surface area contributed by atoms with Gasteiger partial charge in [-0.1, -0.05) is 0 Å². The first kappa shape index (κ1) is 23.0. The zero-order valence-corrected chi connectivity index (χ0v) is 16.8. The lowest BCUT2D eigenvalue weighted by atomic mass is 10.0. The number of benzene rings is 1. The Morgan fingerprint density at radius 1 is 1.10 bits per heavy atom. The van der Waals surface area contributed by atoms with E-state index in [0.29, 0.717) is 30.0 Å². The molecule has 12 heteroatoms. The number of halogens is 6. The summed E-state index contributed by atoms with van der Waals surface area (Å²) >= 11 is 1.04. The summed E-state index contributed by atoms with van der Waals surface area (Å²) in [5.41, 5.74) is -3.81. The van der Waals surface area contributed by atoms with Gasteiger partial charge in [-0.2, -0.15) is 26.3 Å². The van der Waals surface area contributed by atoms with E-state index in [2.05, 4.69) is 4.98 Å². The Labute approximate surface area is 176 Å². The van der Waals surface area contributed by atoms with Crippen molar-refractivity contribution in [1.29, 1.82) is 0 Å². The molecule has 31 heavy (non-hydrogen) atoms. The molecule has 1 aromatic carbocycles. The van der Waals surface area contributed by atoms with Crippen LogP contribution in [0, 0.1) is 0 Å². The first-order valence-electron chi connectivity index (χ1n) is 9.12. The van der Waals surface area contributed by atoms with E-state index in [-0.39, 0.29) is 31.0 Å². The monoisotopic (exact) mass is 466 g/mol. The average Bonchev–Trinajstić information content (AvgIpc) is 3.41. The molecule has 0 radical (unpaired) electrons. The number of esters is 1. The maximum Gasteiger partial charge on any atom is 0.416 e. The molecule has 0 atom stereocenters. The largest absolute Gasteiger partial charge is 0.461 e. The topological polar surface area (TPSA) is 59.5 Å². The summed E-state index contributed by atoms with van der Waals surface area (Å²) in [4.78, 5) is 29.9. The Bertz CT molecular complexity index is 950. The Hall–Kier alpha value is -2.63. The predicted molar refractivity (Wildman–Crippen MR) is 97.4 cm³/mol. The Balaban J connectivity index is 1.91. The van der Waals surface area contributed by atoms with E-state index in [4.69, 9.17) is 4.74 Å².